The maximum atomic E-state index is 7.30. The van der Waals surface area contributed by atoms with Crippen molar-refractivity contribution in [3.8, 4) is 16.9 Å². The minimum Gasteiger partial charge on any atom is -0.454 e. The number of furan rings is 1. The molecule has 2 aliphatic heterocycles. The highest BCUT2D eigenvalue weighted by Gasteiger charge is 2.48. The van der Waals surface area contributed by atoms with Crippen LogP contribution in [0.2, 0.25) is 0 Å². The summed E-state index contributed by atoms with van der Waals surface area (Å²) in [5.74, 6) is 0. The van der Waals surface area contributed by atoms with E-state index in [2.05, 4.69) is 284 Å². The Morgan fingerprint density at radius 2 is 1.00 bits per heavy atom. The van der Waals surface area contributed by atoms with Gasteiger partial charge in [0.1, 0.15) is 5.58 Å². The molecular weight excluding hydrogens is 946 g/mol. The van der Waals surface area contributed by atoms with Crippen LogP contribution in [0.5, 0.6) is 0 Å². The molecule has 0 radical (unpaired) electrons. The van der Waals surface area contributed by atoms with Crippen LogP contribution in [0.25, 0.3) is 49.8 Å². The standard InChI is InChI=1S/C73H76BN3O/c1-68(2,3)43-25-31-48(32-26-43)75(49-33-27-44(28-34-49)69(4,5)6)50-41-60-64-61(42-50)77-65-54(63-66(77)53-21-18-19-23-55(53)73(63,16)17)37-47(72(13,14)15)38-57(65)74(64)56-36-30-45(70(7,8)9)39-59(56)76(60)58-24-20-22-52-51-35-29-46(71(10,11)12)40-62(51)78-67(52)58/h18-42H,1-17H3. The summed E-state index contributed by atoms with van der Waals surface area (Å²) in [7, 11) is 0. The Morgan fingerprint density at radius 3 is 1.62 bits per heavy atom. The maximum absolute atomic E-state index is 7.30. The van der Waals surface area contributed by atoms with Crippen LogP contribution in [0, 0.1) is 0 Å². The van der Waals surface area contributed by atoms with Crippen LogP contribution in [0.4, 0.5) is 34.1 Å². The van der Waals surface area contributed by atoms with E-state index < -0.39 is 0 Å². The monoisotopic (exact) mass is 1020 g/mol. The van der Waals surface area contributed by atoms with E-state index >= 15 is 0 Å². The van der Waals surface area contributed by atoms with Crippen LogP contribution in [-0.4, -0.2) is 11.3 Å². The first-order valence-corrected chi connectivity index (χ1v) is 28.5. The van der Waals surface area contributed by atoms with Crippen LogP contribution in [0.1, 0.15) is 157 Å². The first-order chi connectivity index (χ1) is 36.6. The fraction of sp³-hybridized carbons (Fsp3) is 0.315. The number of benzene rings is 8. The maximum Gasteiger partial charge on any atom is 0.252 e. The minimum atomic E-state index is -0.241. The van der Waals surface area contributed by atoms with Crippen LogP contribution < -0.4 is 26.2 Å². The normalized spacial score (nSPS) is 14.8. The van der Waals surface area contributed by atoms with E-state index in [0.29, 0.717) is 0 Å². The van der Waals surface area contributed by atoms with Crippen molar-refractivity contribution in [2.24, 2.45) is 0 Å². The van der Waals surface area contributed by atoms with Gasteiger partial charge >= 0.3 is 0 Å². The Kier molecular flexibility index (Phi) is 10.6. The number of para-hydroxylation sites is 1. The fourth-order valence-corrected chi connectivity index (χ4v) is 13.4. The van der Waals surface area contributed by atoms with Crippen LogP contribution in [-0.2, 0) is 32.5 Å². The van der Waals surface area contributed by atoms with Gasteiger partial charge < -0.3 is 18.8 Å². The molecule has 0 saturated heterocycles. The Morgan fingerprint density at radius 1 is 0.436 bits per heavy atom. The molecule has 0 spiro atoms. The van der Waals surface area contributed by atoms with Crippen molar-refractivity contribution in [1.29, 1.82) is 0 Å². The lowest BCUT2D eigenvalue weighted by Crippen LogP contribution is -2.60. The number of hydrogen-bond acceptors (Lipinski definition) is 3. The van der Waals surface area contributed by atoms with Gasteiger partial charge in [0, 0.05) is 61.1 Å². The summed E-state index contributed by atoms with van der Waals surface area (Å²) in [4.78, 5) is 5.11. The average Bonchev–Trinajstić information content (AvgIpc) is 2.23. The minimum absolute atomic E-state index is 0.000998. The SMILES string of the molecule is CC(C)(C)c1ccc(N(c2ccc(C(C)(C)C)cc2)c2cc3c4c(c2)-n2c5c(c6cc(C(C)(C)C)cc(c62)B4c2ccc(C(C)(C)C)cc2N3c2cccc3c2oc2cc(C(C)(C)C)ccc23)C(C)(C)c2ccccc2-5)cc1. The highest BCUT2D eigenvalue weighted by atomic mass is 16.3. The van der Waals surface area contributed by atoms with Gasteiger partial charge in [0.15, 0.2) is 5.58 Å². The van der Waals surface area contributed by atoms with E-state index in [4.69, 9.17) is 4.42 Å². The summed E-state index contributed by atoms with van der Waals surface area (Å²) in [6.45, 7) is 39.7. The molecule has 1 aliphatic carbocycles. The number of hydrogen-bond donors (Lipinski definition) is 0. The zero-order chi connectivity index (χ0) is 55.1. The summed E-state index contributed by atoms with van der Waals surface area (Å²) < 4.78 is 10.0. The molecule has 5 heteroatoms. The highest BCUT2D eigenvalue weighted by molar-refractivity contribution is 7.00. The molecule has 0 fully saturated rings. The quantitative estimate of drug-likeness (QED) is 0.164. The molecule has 8 aromatic carbocycles. The van der Waals surface area contributed by atoms with Crippen molar-refractivity contribution in [2.45, 2.75) is 150 Å². The van der Waals surface area contributed by atoms with Gasteiger partial charge in [-0.25, -0.2) is 0 Å². The number of anilines is 6. The average molecular weight is 1020 g/mol. The van der Waals surface area contributed by atoms with E-state index in [9.17, 15) is 0 Å². The molecule has 3 aliphatic rings. The largest absolute Gasteiger partial charge is 0.454 e. The highest BCUT2D eigenvalue weighted by Crippen LogP contribution is 2.56. The van der Waals surface area contributed by atoms with Gasteiger partial charge in [0.2, 0.25) is 0 Å². The topological polar surface area (TPSA) is 24.6 Å². The van der Waals surface area contributed by atoms with Gasteiger partial charge in [-0.05, 0) is 143 Å². The third-order valence-electron chi connectivity index (χ3n) is 17.9. The molecule has 0 atom stereocenters. The molecule has 0 bridgehead atoms. The zero-order valence-corrected chi connectivity index (χ0v) is 49.3. The van der Waals surface area contributed by atoms with E-state index in [1.54, 1.807) is 0 Å². The Hall–Kier alpha value is -7.24. The van der Waals surface area contributed by atoms with Crippen molar-refractivity contribution >= 4 is 90.1 Å². The molecular formula is C73H76BN3O. The van der Waals surface area contributed by atoms with Crippen molar-refractivity contribution in [3.05, 3.63) is 191 Å². The van der Waals surface area contributed by atoms with Gasteiger partial charge in [0.25, 0.3) is 6.71 Å². The molecule has 2 aromatic heterocycles. The molecule has 0 unspecified atom stereocenters. The molecule has 0 N–H and O–H groups in total. The second kappa shape index (κ2) is 16.4. The number of rotatable bonds is 4. The Balaban J connectivity index is 1.21. The summed E-state index contributed by atoms with van der Waals surface area (Å²) in [5, 5.41) is 3.61. The molecule has 4 nitrogen and oxygen atoms in total. The van der Waals surface area contributed by atoms with Crippen LogP contribution in [0.3, 0.4) is 0 Å². The molecule has 13 rings (SSSR count). The van der Waals surface area contributed by atoms with E-state index in [-0.39, 0.29) is 39.2 Å². The molecule has 10 aromatic rings. The third-order valence-corrected chi connectivity index (χ3v) is 17.9. The van der Waals surface area contributed by atoms with Crippen molar-refractivity contribution in [2.75, 3.05) is 9.80 Å². The summed E-state index contributed by atoms with van der Waals surface area (Å²) in [5.41, 5.74) is 26.5. The second-order valence-electron chi connectivity index (χ2n) is 28.8. The summed E-state index contributed by atoms with van der Waals surface area (Å²) >= 11 is 0. The molecule has 392 valence electrons. The van der Waals surface area contributed by atoms with E-state index in [1.807, 2.05) is 0 Å². The van der Waals surface area contributed by atoms with Crippen molar-refractivity contribution < 1.29 is 4.42 Å². The molecule has 0 saturated carbocycles. The number of fused-ring (bicyclic) bond motifs is 12. The van der Waals surface area contributed by atoms with E-state index in [0.717, 1.165) is 50.4 Å². The van der Waals surface area contributed by atoms with Gasteiger partial charge in [-0.2, -0.15) is 0 Å². The van der Waals surface area contributed by atoms with Gasteiger partial charge in [-0.15, -0.1) is 0 Å². The first kappa shape index (κ1) is 50.3. The number of nitrogens with zero attached hydrogens (tertiary/aromatic N) is 3. The second-order valence-corrected chi connectivity index (χ2v) is 28.8. The first-order valence-electron chi connectivity index (χ1n) is 28.5. The lowest BCUT2D eigenvalue weighted by Gasteiger charge is -2.42. The van der Waals surface area contributed by atoms with Crippen molar-refractivity contribution in [1.82, 2.24) is 4.57 Å². The lowest BCUT2D eigenvalue weighted by molar-refractivity contribution is 0.587. The predicted molar refractivity (Wildman–Crippen MR) is 336 cm³/mol. The zero-order valence-electron chi connectivity index (χ0n) is 49.3. The summed E-state index contributed by atoms with van der Waals surface area (Å²) in [6, 6.07) is 59.1. The lowest BCUT2D eigenvalue weighted by atomic mass is 9.33. The Bertz CT molecular complexity index is 4070. The third kappa shape index (κ3) is 7.46. The van der Waals surface area contributed by atoms with Gasteiger partial charge in [-0.1, -0.05) is 209 Å². The molecule has 0 amide bonds. The predicted octanol–water partition coefficient (Wildman–Crippen LogP) is 18.4. The Labute approximate surface area is 464 Å². The molecule has 4 heterocycles. The fourth-order valence-electron chi connectivity index (χ4n) is 13.4. The van der Waals surface area contributed by atoms with Crippen LogP contribution in [0.15, 0.2) is 156 Å². The smallest absolute Gasteiger partial charge is 0.252 e. The number of aromatic nitrogens is 1. The van der Waals surface area contributed by atoms with Crippen LogP contribution >= 0.6 is 0 Å². The van der Waals surface area contributed by atoms with E-state index in [1.165, 1.54) is 88.9 Å². The summed E-state index contributed by atoms with van der Waals surface area (Å²) in [6.07, 6.45) is 0. The van der Waals surface area contributed by atoms with Crippen molar-refractivity contribution in [3.63, 3.8) is 0 Å². The molecule has 78 heavy (non-hydrogen) atoms. The van der Waals surface area contributed by atoms with Gasteiger partial charge in [-0.3, -0.25) is 0 Å². The van der Waals surface area contributed by atoms with Gasteiger partial charge in [0.05, 0.1) is 17.1 Å².